The van der Waals surface area contributed by atoms with Crippen LogP contribution in [0.5, 0.6) is 0 Å². The van der Waals surface area contributed by atoms with Gasteiger partial charge >= 0.3 is 0 Å². The summed E-state index contributed by atoms with van der Waals surface area (Å²) in [4.78, 5) is 13.4. The number of nitrogens with zero attached hydrogens (tertiary/aromatic N) is 5. The average Bonchev–Trinajstić information content (AvgIpc) is 3.09. The molecular formula is C24H28Cl2N8O. The summed E-state index contributed by atoms with van der Waals surface area (Å²) in [7, 11) is 0. The number of rotatable bonds is 10. The van der Waals surface area contributed by atoms with Gasteiger partial charge < -0.3 is 21.1 Å². The second-order valence-corrected chi connectivity index (χ2v) is 9.71. The highest BCUT2D eigenvalue weighted by molar-refractivity contribution is 6.32. The minimum absolute atomic E-state index is 0.283. The van der Waals surface area contributed by atoms with E-state index in [0.717, 1.165) is 41.8 Å². The normalized spacial score (nSPS) is 11.6. The van der Waals surface area contributed by atoms with Gasteiger partial charge in [-0.05, 0) is 51.5 Å². The summed E-state index contributed by atoms with van der Waals surface area (Å²) in [5.41, 5.74) is 2.37. The first-order valence-corrected chi connectivity index (χ1v) is 12.0. The van der Waals surface area contributed by atoms with Gasteiger partial charge in [-0.2, -0.15) is 10.1 Å². The molecule has 0 aliphatic heterocycles. The second-order valence-electron chi connectivity index (χ2n) is 8.91. The Hall–Kier alpha value is -3.14. The zero-order valence-electron chi connectivity index (χ0n) is 19.8. The molecule has 1 aromatic carbocycles. The fraction of sp³-hybridized carbons (Fsp3) is 0.333. The fourth-order valence-electron chi connectivity index (χ4n) is 3.60. The zero-order valence-corrected chi connectivity index (χ0v) is 21.3. The van der Waals surface area contributed by atoms with Crippen LogP contribution in [0.2, 0.25) is 10.2 Å². The molecule has 0 saturated heterocycles. The number of hydrogen-bond donors (Lipinski definition) is 4. The lowest BCUT2D eigenvalue weighted by atomic mass is 10.1. The van der Waals surface area contributed by atoms with E-state index in [-0.39, 0.29) is 5.15 Å². The van der Waals surface area contributed by atoms with Crippen LogP contribution in [-0.4, -0.2) is 48.5 Å². The van der Waals surface area contributed by atoms with Crippen molar-refractivity contribution in [2.45, 2.75) is 39.3 Å². The molecule has 0 unspecified atom stereocenters. The van der Waals surface area contributed by atoms with Gasteiger partial charge in [0.25, 0.3) is 0 Å². The van der Waals surface area contributed by atoms with Crippen LogP contribution in [0.3, 0.4) is 0 Å². The Kier molecular flexibility index (Phi) is 7.59. The van der Waals surface area contributed by atoms with E-state index < -0.39 is 5.60 Å². The molecule has 4 rings (SSSR count). The van der Waals surface area contributed by atoms with Gasteiger partial charge in [-0.3, -0.25) is 9.67 Å². The molecule has 11 heteroatoms. The minimum Gasteiger partial charge on any atom is -0.389 e. The van der Waals surface area contributed by atoms with Gasteiger partial charge in [0.15, 0.2) is 5.15 Å². The maximum atomic E-state index is 10.0. The Morgan fingerprint density at radius 1 is 1.03 bits per heavy atom. The number of halogens is 2. The van der Waals surface area contributed by atoms with Crippen molar-refractivity contribution in [2.24, 2.45) is 0 Å². The average molecular weight is 515 g/mol. The number of nitrogens with one attached hydrogen (secondary N) is 3. The lowest BCUT2D eigenvalue weighted by molar-refractivity contribution is 0.0578. The van der Waals surface area contributed by atoms with E-state index in [2.05, 4.69) is 36.0 Å². The molecule has 0 spiro atoms. The summed E-state index contributed by atoms with van der Waals surface area (Å²) >= 11 is 12.3. The third-order valence-corrected chi connectivity index (χ3v) is 5.56. The first kappa shape index (κ1) is 25.0. The minimum atomic E-state index is -0.906. The molecule has 0 bridgehead atoms. The summed E-state index contributed by atoms with van der Waals surface area (Å²) in [6, 6.07) is 9.55. The Bertz CT molecular complexity index is 1320. The maximum absolute atomic E-state index is 10.0. The summed E-state index contributed by atoms with van der Waals surface area (Å²) in [5.74, 6) is 1.13. The largest absolute Gasteiger partial charge is 0.389 e. The van der Waals surface area contributed by atoms with Crippen molar-refractivity contribution in [3.05, 3.63) is 58.6 Å². The number of aliphatic hydroxyl groups is 1. The summed E-state index contributed by atoms with van der Waals surface area (Å²) < 4.78 is 1.59. The summed E-state index contributed by atoms with van der Waals surface area (Å²) in [5, 5.41) is 26.2. The molecule has 0 amide bonds. The maximum Gasteiger partial charge on any atom is 0.229 e. The topological polar surface area (TPSA) is 113 Å². The number of hydrogen-bond acceptors (Lipinski definition) is 8. The van der Waals surface area contributed by atoms with E-state index in [9.17, 15) is 5.11 Å². The number of fused-ring (bicyclic) bond motifs is 1. The quantitative estimate of drug-likeness (QED) is 0.212. The third-order valence-electron chi connectivity index (χ3n) is 5.05. The highest BCUT2D eigenvalue weighted by Crippen LogP contribution is 2.25. The Balaban J connectivity index is 1.32. The molecule has 0 atom stereocenters. The van der Waals surface area contributed by atoms with Crippen LogP contribution in [0, 0.1) is 6.92 Å². The molecule has 184 valence electrons. The van der Waals surface area contributed by atoms with Crippen LogP contribution < -0.4 is 16.0 Å². The van der Waals surface area contributed by atoms with Gasteiger partial charge in [0.1, 0.15) is 5.82 Å². The molecule has 0 saturated carbocycles. The van der Waals surface area contributed by atoms with Crippen LogP contribution in [-0.2, 0) is 6.54 Å². The Morgan fingerprint density at radius 3 is 2.63 bits per heavy atom. The van der Waals surface area contributed by atoms with Crippen LogP contribution >= 0.6 is 23.2 Å². The molecule has 0 fully saturated rings. The van der Waals surface area contributed by atoms with Gasteiger partial charge in [0.2, 0.25) is 5.95 Å². The number of aryl methyl sites for hydroxylation is 1. The first-order valence-electron chi connectivity index (χ1n) is 11.3. The zero-order chi connectivity index (χ0) is 25.0. The first-order chi connectivity index (χ1) is 16.7. The molecule has 0 radical (unpaired) electrons. The molecule has 3 heterocycles. The number of pyridine rings is 1. The molecular weight excluding hydrogens is 487 g/mol. The monoisotopic (exact) mass is 514 g/mol. The van der Waals surface area contributed by atoms with E-state index >= 15 is 0 Å². The molecule has 9 nitrogen and oxygen atoms in total. The number of anilines is 4. The van der Waals surface area contributed by atoms with Gasteiger partial charge in [-0.15, -0.1) is 0 Å². The van der Waals surface area contributed by atoms with Crippen molar-refractivity contribution in [1.82, 2.24) is 24.7 Å². The van der Waals surface area contributed by atoms with Crippen molar-refractivity contribution in [3.63, 3.8) is 0 Å². The van der Waals surface area contributed by atoms with Crippen molar-refractivity contribution in [2.75, 3.05) is 29.0 Å². The predicted octanol–water partition coefficient (Wildman–Crippen LogP) is 5.27. The van der Waals surface area contributed by atoms with Crippen molar-refractivity contribution in [1.29, 1.82) is 0 Å². The second kappa shape index (κ2) is 10.6. The number of benzene rings is 1. The van der Waals surface area contributed by atoms with Crippen LogP contribution in [0.25, 0.3) is 10.9 Å². The van der Waals surface area contributed by atoms with Crippen LogP contribution in [0.15, 0.2) is 42.7 Å². The summed E-state index contributed by atoms with van der Waals surface area (Å²) in [6.07, 6.45) is 4.37. The molecule has 3 aromatic heterocycles. The lowest BCUT2D eigenvalue weighted by Gasteiger charge is -2.16. The highest BCUT2D eigenvalue weighted by Gasteiger charge is 2.17. The van der Waals surface area contributed by atoms with Crippen molar-refractivity contribution >= 4 is 57.2 Å². The predicted molar refractivity (Wildman–Crippen MR) is 142 cm³/mol. The smallest absolute Gasteiger partial charge is 0.229 e. The molecule has 0 aliphatic carbocycles. The van der Waals surface area contributed by atoms with Crippen LogP contribution in [0.1, 0.15) is 26.0 Å². The lowest BCUT2D eigenvalue weighted by Crippen LogP contribution is -2.26. The standard InChI is InChI=1S/C24H28Cl2N8O/c1-15-11-21(32-23(30-15)31-20-13-34(33-22(20)26)14-24(2,3)35)29-9-4-8-27-18-7-10-28-19-12-16(25)5-6-17(18)19/h5-7,10-13,35H,4,8-9,14H2,1-3H3,(H,27,28)(H2,29,30,31,32). The van der Waals surface area contributed by atoms with Gasteiger partial charge in [-0.25, -0.2) is 4.98 Å². The van der Waals surface area contributed by atoms with E-state index in [1.807, 2.05) is 37.3 Å². The fourth-order valence-corrected chi connectivity index (χ4v) is 3.96. The third kappa shape index (κ3) is 6.94. The highest BCUT2D eigenvalue weighted by atomic mass is 35.5. The van der Waals surface area contributed by atoms with Gasteiger partial charge in [0.05, 0.1) is 29.5 Å². The van der Waals surface area contributed by atoms with Gasteiger partial charge in [-0.1, -0.05) is 23.2 Å². The van der Waals surface area contributed by atoms with Gasteiger partial charge in [0, 0.05) is 47.1 Å². The number of aromatic nitrogens is 5. The molecule has 35 heavy (non-hydrogen) atoms. The van der Waals surface area contributed by atoms with Crippen molar-refractivity contribution in [3.8, 4) is 0 Å². The van der Waals surface area contributed by atoms with Crippen molar-refractivity contribution < 1.29 is 5.11 Å². The Morgan fingerprint density at radius 2 is 1.83 bits per heavy atom. The van der Waals surface area contributed by atoms with E-state index in [1.54, 1.807) is 30.9 Å². The van der Waals surface area contributed by atoms with E-state index in [4.69, 9.17) is 23.2 Å². The SMILES string of the molecule is Cc1cc(NCCCNc2ccnc3cc(Cl)ccc23)nc(Nc2cn(CC(C)(C)O)nc2Cl)n1. The molecule has 4 aromatic rings. The Labute approximate surface area is 213 Å². The molecule has 0 aliphatic rings. The van der Waals surface area contributed by atoms with E-state index in [0.29, 0.717) is 29.0 Å². The van der Waals surface area contributed by atoms with E-state index in [1.165, 1.54) is 0 Å². The van der Waals surface area contributed by atoms with Crippen LogP contribution in [0.4, 0.5) is 23.1 Å². The summed E-state index contributed by atoms with van der Waals surface area (Å²) in [6.45, 7) is 7.14. The molecule has 4 N–H and O–H groups in total.